The summed E-state index contributed by atoms with van der Waals surface area (Å²) in [6.07, 6.45) is 4.46. The smallest absolute Gasteiger partial charge is 0.124 e. The summed E-state index contributed by atoms with van der Waals surface area (Å²) in [5.41, 5.74) is 3.62. The maximum Gasteiger partial charge on any atom is 0.124 e. The lowest BCUT2D eigenvalue weighted by molar-refractivity contribution is 0.258. The molecule has 0 aliphatic carbocycles. The first-order chi connectivity index (χ1) is 6.27. The number of rotatable bonds is 1. The second-order valence-corrected chi connectivity index (χ2v) is 3.55. The predicted octanol–water partition coefficient (Wildman–Crippen LogP) is 2.78. The van der Waals surface area contributed by atoms with Gasteiger partial charge in [0.25, 0.3) is 0 Å². The molecule has 13 heavy (non-hydrogen) atoms. The molecule has 0 saturated carbocycles. The van der Waals surface area contributed by atoms with Crippen LogP contribution in [-0.4, -0.2) is 11.6 Å². The first-order valence-electron chi connectivity index (χ1n) is 4.77. The number of hydrogen-bond acceptors (Lipinski definition) is 1. The van der Waals surface area contributed by atoms with Crippen molar-refractivity contribution in [2.75, 3.05) is 6.61 Å². The minimum atomic E-state index is 0.857. The Kier molecular flexibility index (Phi) is 2.13. The normalized spacial score (nSPS) is 16.6. The van der Waals surface area contributed by atoms with E-state index in [1.807, 2.05) is 0 Å². The van der Waals surface area contributed by atoms with Crippen molar-refractivity contribution in [3.05, 3.63) is 29.1 Å². The van der Waals surface area contributed by atoms with Gasteiger partial charge in [0, 0.05) is 17.0 Å². The molecule has 1 aliphatic heterocycles. The van der Waals surface area contributed by atoms with Crippen LogP contribution in [0.15, 0.2) is 12.1 Å². The number of ether oxygens (including phenoxy) is 1. The number of aromatic nitrogens is 1. The molecule has 1 aromatic rings. The number of nitrogens with one attached hydrogen (secondary N) is 1. The number of H-pyrrole nitrogens is 1. The number of allylic oxidation sites excluding steroid dienone is 1. The number of hydrogen-bond donors (Lipinski definition) is 1. The molecule has 1 N–H and O–H groups in total. The van der Waals surface area contributed by atoms with Crippen molar-refractivity contribution in [2.45, 2.75) is 26.7 Å². The molecule has 0 amide bonds. The van der Waals surface area contributed by atoms with Gasteiger partial charge in [-0.25, -0.2) is 0 Å². The van der Waals surface area contributed by atoms with Crippen LogP contribution in [0.4, 0.5) is 0 Å². The standard InChI is InChI=1S/C11H15NO/c1-8-7-10(9(2)12-8)11-5-3-4-6-13-11/h5,7,12H,3-4,6H2,1-2H3. The van der Waals surface area contributed by atoms with Gasteiger partial charge in [-0.15, -0.1) is 0 Å². The van der Waals surface area contributed by atoms with Crippen molar-refractivity contribution in [3.63, 3.8) is 0 Å². The van der Waals surface area contributed by atoms with E-state index in [-0.39, 0.29) is 0 Å². The molecule has 2 rings (SSSR count). The summed E-state index contributed by atoms with van der Waals surface area (Å²) < 4.78 is 5.60. The Morgan fingerprint density at radius 1 is 1.38 bits per heavy atom. The largest absolute Gasteiger partial charge is 0.493 e. The SMILES string of the molecule is Cc1cc(C2=CCCCO2)c(C)[nH]1. The van der Waals surface area contributed by atoms with Crippen molar-refractivity contribution >= 4 is 5.76 Å². The average Bonchev–Trinajstić information content (AvgIpc) is 2.47. The predicted molar refractivity (Wildman–Crippen MR) is 53.4 cm³/mol. The molecule has 0 fully saturated rings. The van der Waals surface area contributed by atoms with Gasteiger partial charge < -0.3 is 9.72 Å². The zero-order valence-corrected chi connectivity index (χ0v) is 8.18. The van der Waals surface area contributed by atoms with Crippen molar-refractivity contribution in [2.24, 2.45) is 0 Å². The second kappa shape index (κ2) is 3.29. The van der Waals surface area contributed by atoms with E-state index in [0.29, 0.717) is 0 Å². The highest BCUT2D eigenvalue weighted by Crippen LogP contribution is 2.24. The Bertz CT molecular complexity index is 336. The van der Waals surface area contributed by atoms with Gasteiger partial charge in [-0.2, -0.15) is 0 Å². The van der Waals surface area contributed by atoms with E-state index in [1.165, 1.54) is 17.0 Å². The number of aryl methyl sites for hydroxylation is 2. The fourth-order valence-electron chi connectivity index (χ4n) is 1.73. The fraction of sp³-hybridized carbons (Fsp3) is 0.455. The topological polar surface area (TPSA) is 25.0 Å². The van der Waals surface area contributed by atoms with Gasteiger partial charge in [-0.05, 0) is 38.8 Å². The van der Waals surface area contributed by atoms with Crippen LogP contribution >= 0.6 is 0 Å². The Morgan fingerprint density at radius 2 is 2.23 bits per heavy atom. The van der Waals surface area contributed by atoms with Crippen LogP contribution in [0.1, 0.15) is 29.8 Å². The lowest BCUT2D eigenvalue weighted by Crippen LogP contribution is -2.00. The molecule has 2 nitrogen and oxygen atoms in total. The summed E-state index contributed by atoms with van der Waals surface area (Å²) in [5.74, 6) is 1.05. The molecule has 2 heteroatoms. The molecule has 0 bridgehead atoms. The first kappa shape index (κ1) is 8.42. The van der Waals surface area contributed by atoms with Gasteiger partial charge in [0.15, 0.2) is 0 Å². The molecule has 70 valence electrons. The summed E-state index contributed by atoms with van der Waals surface area (Å²) in [5, 5.41) is 0. The van der Waals surface area contributed by atoms with E-state index >= 15 is 0 Å². The maximum atomic E-state index is 5.60. The van der Waals surface area contributed by atoms with E-state index in [1.54, 1.807) is 0 Å². The van der Waals surface area contributed by atoms with Crippen LogP contribution in [0.2, 0.25) is 0 Å². The van der Waals surface area contributed by atoms with E-state index in [2.05, 4.69) is 31.0 Å². The molecule has 0 atom stereocenters. The van der Waals surface area contributed by atoms with E-state index < -0.39 is 0 Å². The molecule has 0 aromatic carbocycles. The van der Waals surface area contributed by atoms with Crippen molar-refractivity contribution in [3.8, 4) is 0 Å². The van der Waals surface area contributed by atoms with Crippen LogP contribution in [0.5, 0.6) is 0 Å². The van der Waals surface area contributed by atoms with Crippen molar-refractivity contribution in [1.82, 2.24) is 4.98 Å². The quantitative estimate of drug-likeness (QED) is 0.701. The molecule has 0 saturated heterocycles. The first-order valence-corrected chi connectivity index (χ1v) is 4.77. The van der Waals surface area contributed by atoms with Gasteiger partial charge in [0.05, 0.1) is 6.61 Å². The van der Waals surface area contributed by atoms with Crippen molar-refractivity contribution < 1.29 is 4.74 Å². The second-order valence-electron chi connectivity index (χ2n) is 3.55. The van der Waals surface area contributed by atoms with Crippen LogP contribution in [0.3, 0.4) is 0 Å². The summed E-state index contributed by atoms with van der Waals surface area (Å²) in [6, 6.07) is 2.15. The Morgan fingerprint density at radius 3 is 2.77 bits per heavy atom. The molecular weight excluding hydrogens is 162 g/mol. The molecule has 1 aromatic heterocycles. The third-order valence-electron chi connectivity index (χ3n) is 2.35. The lowest BCUT2D eigenvalue weighted by Gasteiger charge is -2.14. The van der Waals surface area contributed by atoms with Crippen LogP contribution in [0, 0.1) is 13.8 Å². The van der Waals surface area contributed by atoms with E-state index in [9.17, 15) is 0 Å². The van der Waals surface area contributed by atoms with Crippen LogP contribution < -0.4 is 0 Å². The van der Waals surface area contributed by atoms with Gasteiger partial charge in [-0.1, -0.05) is 0 Å². The highest BCUT2D eigenvalue weighted by molar-refractivity contribution is 5.63. The van der Waals surface area contributed by atoms with Gasteiger partial charge in [-0.3, -0.25) is 0 Å². The zero-order chi connectivity index (χ0) is 9.26. The third-order valence-corrected chi connectivity index (χ3v) is 2.35. The molecule has 2 heterocycles. The average molecular weight is 177 g/mol. The number of aromatic amines is 1. The highest BCUT2D eigenvalue weighted by atomic mass is 16.5. The summed E-state index contributed by atoms with van der Waals surface area (Å²) in [4.78, 5) is 3.28. The Balaban J connectivity index is 2.33. The molecular formula is C11H15NO. The fourth-order valence-corrected chi connectivity index (χ4v) is 1.73. The molecule has 1 aliphatic rings. The zero-order valence-electron chi connectivity index (χ0n) is 8.18. The van der Waals surface area contributed by atoms with Crippen LogP contribution in [0.25, 0.3) is 5.76 Å². The maximum absolute atomic E-state index is 5.60. The lowest BCUT2D eigenvalue weighted by atomic mass is 10.1. The highest BCUT2D eigenvalue weighted by Gasteiger charge is 2.11. The van der Waals surface area contributed by atoms with E-state index in [0.717, 1.165) is 25.2 Å². The van der Waals surface area contributed by atoms with Crippen LogP contribution in [-0.2, 0) is 4.74 Å². The minimum absolute atomic E-state index is 0.857. The van der Waals surface area contributed by atoms with Gasteiger partial charge in [0.2, 0.25) is 0 Å². The minimum Gasteiger partial charge on any atom is -0.493 e. The molecule has 0 radical (unpaired) electrons. The summed E-state index contributed by atoms with van der Waals surface area (Å²) >= 11 is 0. The third kappa shape index (κ3) is 1.62. The summed E-state index contributed by atoms with van der Waals surface area (Å²) in [7, 11) is 0. The van der Waals surface area contributed by atoms with Crippen molar-refractivity contribution in [1.29, 1.82) is 0 Å². The molecule has 0 spiro atoms. The Labute approximate surface area is 78.6 Å². The van der Waals surface area contributed by atoms with E-state index in [4.69, 9.17) is 4.74 Å². The van der Waals surface area contributed by atoms with Gasteiger partial charge >= 0.3 is 0 Å². The van der Waals surface area contributed by atoms with Gasteiger partial charge in [0.1, 0.15) is 5.76 Å². The molecule has 0 unspecified atom stereocenters. The summed E-state index contributed by atoms with van der Waals surface area (Å²) in [6.45, 7) is 5.01. The monoisotopic (exact) mass is 177 g/mol. The Hall–Kier alpha value is -1.18.